The standard InChI is InChI=1S/C23H27N/c1-6-7-8-18(3)22-11-13-23(14-12-22)20(5)24-16-21-10-9-17(2)19(4)15-21/h6-15,24H,5,16H2,1-4H3/b7-6-,18-8+. The van der Waals surface area contributed by atoms with Crippen molar-refractivity contribution in [2.75, 3.05) is 0 Å². The van der Waals surface area contributed by atoms with Gasteiger partial charge < -0.3 is 5.32 Å². The zero-order valence-electron chi connectivity index (χ0n) is 15.2. The van der Waals surface area contributed by atoms with Gasteiger partial charge in [0.15, 0.2) is 0 Å². The van der Waals surface area contributed by atoms with E-state index in [4.69, 9.17) is 0 Å². The minimum absolute atomic E-state index is 0.794. The Morgan fingerprint density at radius 3 is 2.29 bits per heavy atom. The Morgan fingerprint density at radius 1 is 1.00 bits per heavy atom. The summed E-state index contributed by atoms with van der Waals surface area (Å²) in [5.41, 5.74) is 8.51. The molecule has 0 saturated heterocycles. The van der Waals surface area contributed by atoms with Gasteiger partial charge >= 0.3 is 0 Å². The molecule has 0 aromatic heterocycles. The maximum Gasteiger partial charge on any atom is 0.0400 e. The van der Waals surface area contributed by atoms with Gasteiger partial charge in [-0.2, -0.15) is 0 Å². The molecule has 0 heterocycles. The first-order valence-electron chi connectivity index (χ1n) is 8.40. The van der Waals surface area contributed by atoms with Gasteiger partial charge in [-0.15, -0.1) is 0 Å². The molecular weight excluding hydrogens is 290 g/mol. The van der Waals surface area contributed by atoms with E-state index in [1.807, 2.05) is 13.0 Å². The van der Waals surface area contributed by atoms with Crippen molar-refractivity contribution in [1.29, 1.82) is 0 Å². The topological polar surface area (TPSA) is 12.0 Å². The monoisotopic (exact) mass is 317 g/mol. The van der Waals surface area contributed by atoms with Crippen molar-refractivity contribution >= 4 is 11.3 Å². The third-order valence-electron chi connectivity index (χ3n) is 4.30. The third-order valence-corrected chi connectivity index (χ3v) is 4.30. The molecule has 0 aliphatic rings. The van der Waals surface area contributed by atoms with Crippen LogP contribution in [0.15, 0.2) is 67.3 Å². The van der Waals surface area contributed by atoms with Gasteiger partial charge in [-0.25, -0.2) is 0 Å². The molecule has 1 heteroatoms. The van der Waals surface area contributed by atoms with Crippen LogP contribution in [0, 0.1) is 13.8 Å². The highest BCUT2D eigenvalue weighted by Gasteiger charge is 2.02. The first kappa shape index (κ1) is 17.8. The molecule has 0 aliphatic heterocycles. The number of benzene rings is 2. The summed E-state index contributed by atoms with van der Waals surface area (Å²) in [6.07, 6.45) is 6.23. The second-order valence-electron chi connectivity index (χ2n) is 6.20. The SMILES string of the molecule is C=C(NCc1ccc(C)c(C)c1)c1ccc(/C(C)=C/C=C\C)cc1. The highest BCUT2D eigenvalue weighted by Crippen LogP contribution is 2.18. The first-order valence-corrected chi connectivity index (χ1v) is 8.40. The van der Waals surface area contributed by atoms with Crippen molar-refractivity contribution in [3.63, 3.8) is 0 Å². The smallest absolute Gasteiger partial charge is 0.0400 e. The van der Waals surface area contributed by atoms with Gasteiger partial charge in [-0.1, -0.05) is 67.3 Å². The Morgan fingerprint density at radius 2 is 1.67 bits per heavy atom. The summed E-state index contributed by atoms with van der Waals surface area (Å²) in [7, 11) is 0. The van der Waals surface area contributed by atoms with Crippen LogP contribution in [0.3, 0.4) is 0 Å². The van der Waals surface area contributed by atoms with Crippen molar-refractivity contribution in [3.8, 4) is 0 Å². The highest BCUT2D eigenvalue weighted by molar-refractivity contribution is 5.69. The number of nitrogens with one attached hydrogen (secondary N) is 1. The van der Waals surface area contributed by atoms with E-state index in [2.05, 4.69) is 87.3 Å². The van der Waals surface area contributed by atoms with Gasteiger partial charge in [0.25, 0.3) is 0 Å². The van der Waals surface area contributed by atoms with Gasteiger partial charge in [0.1, 0.15) is 0 Å². The van der Waals surface area contributed by atoms with Crippen molar-refractivity contribution < 1.29 is 0 Å². The minimum Gasteiger partial charge on any atom is -0.381 e. The Balaban J connectivity index is 2.01. The average molecular weight is 317 g/mol. The molecule has 0 amide bonds. The van der Waals surface area contributed by atoms with Gasteiger partial charge in [0, 0.05) is 12.2 Å². The van der Waals surface area contributed by atoms with Crippen LogP contribution in [0.2, 0.25) is 0 Å². The number of rotatable bonds is 6. The fraction of sp³-hybridized carbons (Fsp3) is 0.217. The summed E-state index contributed by atoms with van der Waals surface area (Å²) in [4.78, 5) is 0. The molecule has 0 fully saturated rings. The van der Waals surface area contributed by atoms with Crippen LogP contribution in [0.5, 0.6) is 0 Å². The van der Waals surface area contributed by atoms with Crippen LogP contribution >= 0.6 is 0 Å². The fourth-order valence-corrected chi connectivity index (χ4v) is 2.50. The third kappa shape index (κ3) is 4.73. The molecule has 0 atom stereocenters. The summed E-state index contributed by atoms with van der Waals surface area (Å²) >= 11 is 0. The van der Waals surface area contributed by atoms with E-state index in [1.165, 1.54) is 27.8 Å². The number of hydrogen-bond donors (Lipinski definition) is 1. The van der Waals surface area contributed by atoms with Crippen LogP contribution in [0.1, 0.15) is 41.7 Å². The molecule has 0 bridgehead atoms. The Labute approximate surface area is 146 Å². The molecule has 0 saturated carbocycles. The second-order valence-corrected chi connectivity index (χ2v) is 6.20. The molecule has 24 heavy (non-hydrogen) atoms. The molecule has 0 unspecified atom stereocenters. The van der Waals surface area contributed by atoms with E-state index in [0.717, 1.165) is 17.8 Å². The van der Waals surface area contributed by atoms with Crippen LogP contribution in [-0.2, 0) is 6.54 Å². The minimum atomic E-state index is 0.794. The molecule has 2 rings (SSSR count). The molecule has 0 spiro atoms. The Hall–Kier alpha value is -2.54. The maximum atomic E-state index is 4.17. The number of aryl methyl sites for hydroxylation is 2. The lowest BCUT2D eigenvalue weighted by Gasteiger charge is -2.12. The summed E-state index contributed by atoms with van der Waals surface area (Å²) in [6.45, 7) is 13.4. The predicted octanol–water partition coefficient (Wildman–Crippen LogP) is 6.04. The van der Waals surface area contributed by atoms with Crippen LogP contribution in [0.4, 0.5) is 0 Å². The summed E-state index contributed by atoms with van der Waals surface area (Å²) in [5.74, 6) is 0. The van der Waals surface area contributed by atoms with Crippen molar-refractivity contribution in [2.45, 2.75) is 34.2 Å². The van der Waals surface area contributed by atoms with E-state index >= 15 is 0 Å². The van der Waals surface area contributed by atoms with Gasteiger partial charge in [-0.3, -0.25) is 0 Å². The zero-order valence-corrected chi connectivity index (χ0v) is 15.2. The van der Waals surface area contributed by atoms with Crippen LogP contribution in [0.25, 0.3) is 11.3 Å². The Kier molecular flexibility index (Phi) is 6.20. The molecule has 1 nitrogen and oxygen atoms in total. The number of hydrogen-bond acceptors (Lipinski definition) is 1. The quantitative estimate of drug-likeness (QED) is 0.640. The maximum absolute atomic E-state index is 4.17. The average Bonchev–Trinajstić information content (AvgIpc) is 2.60. The largest absolute Gasteiger partial charge is 0.381 e. The van der Waals surface area contributed by atoms with Gasteiger partial charge in [0.2, 0.25) is 0 Å². The normalized spacial score (nSPS) is 11.8. The van der Waals surface area contributed by atoms with Crippen molar-refractivity contribution in [1.82, 2.24) is 5.32 Å². The van der Waals surface area contributed by atoms with E-state index in [9.17, 15) is 0 Å². The predicted molar refractivity (Wildman–Crippen MR) is 107 cm³/mol. The van der Waals surface area contributed by atoms with E-state index in [-0.39, 0.29) is 0 Å². The fourth-order valence-electron chi connectivity index (χ4n) is 2.50. The Bertz CT molecular complexity index is 761. The lowest BCUT2D eigenvalue weighted by atomic mass is 10.0. The first-order chi connectivity index (χ1) is 11.5. The molecule has 1 N–H and O–H groups in total. The lowest BCUT2D eigenvalue weighted by Crippen LogP contribution is -2.11. The molecule has 0 radical (unpaired) electrons. The lowest BCUT2D eigenvalue weighted by molar-refractivity contribution is 0.889. The van der Waals surface area contributed by atoms with E-state index in [1.54, 1.807) is 0 Å². The van der Waals surface area contributed by atoms with Gasteiger partial charge in [-0.05, 0) is 61.1 Å². The number of allylic oxidation sites excluding steroid dienone is 4. The molecule has 0 aliphatic carbocycles. The summed E-state index contributed by atoms with van der Waals surface area (Å²) in [5, 5.41) is 3.42. The van der Waals surface area contributed by atoms with Crippen LogP contribution < -0.4 is 5.32 Å². The van der Waals surface area contributed by atoms with Crippen LogP contribution in [-0.4, -0.2) is 0 Å². The van der Waals surface area contributed by atoms with E-state index < -0.39 is 0 Å². The molecular formula is C23H27N. The molecule has 2 aromatic carbocycles. The van der Waals surface area contributed by atoms with Crippen molar-refractivity contribution in [3.05, 3.63) is 95.1 Å². The zero-order chi connectivity index (χ0) is 17.5. The molecule has 124 valence electrons. The molecule has 2 aromatic rings. The second kappa shape index (κ2) is 8.35. The van der Waals surface area contributed by atoms with Gasteiger partial charge in [0.05, 0.1) is 0 Å². The summed E-state index contributed by atoms with van der Waals surface area (Å²) in [6, 6.07) is 15.1. The van der Waals surface area contributed by atoms with E-state index in [0.29, 0.717) is 0 Å². The summed E-state index contributed by atoms with van der Waals surface area (Å²) < 4.78 is 0. The highest BCUT2D eigenvalue weighted by atomic mass is 14.9. The van der Waals surface area contributed by atoms with Crippen molar-refractivity contribution in [2.24, 2.45) is 0 Å².